The molecule has 0 aromatic heterocycles. The Labute approximate surface area is 79.8 Å². The highest BCUT2D eigenvalue weighted by atomic mass is 19.4. The third-order valence-electron chi connectivity index (χ3n) is 1.04. The van der Waals surface area contributed by atoms with Gasteiger partial charge in [0.1, 0.15) is 6.61 Å². The molecule has 0 bridgehead atoms. The number of halogens is 6. The molecule has 0 rings (SSSR count). The molecule has 8 heteroatoms. The summed E-state index contributed by atoms with van der Waals surface area (Å²) in [7, 11) is 0. The van der Waals surface area contributed by atoms with E-state index in [-0.39, 0.29) is 0 Å². The van der Waals surface area contributed by atoms with E-state index in [0.29, 0.717) is 0 Å². The van der Waals surface area contributed by atoms with Gasteiger partial charge in [-0.3, -0.25) is 0 Å². The average Bonchev–Trinajstić information content (AvgIpc) is 2.10. The molecule has 15 heavy (non-hydrogen) atoms. The molecule has 0 spiro atoms. The number of carbonyl (C=O) groups is 1. The van der Waals surface area contributed by atoms with Crippen LogP contribution in [-0.4, -0.2) is 18.8 Å². The fourth-order valence-corrected chi connectivity index (χ4v) is 0.424. The van der Waals surface area contributed by atoms with Crippen molar-refractivity contribution in [3.8, 4) is 0 Å². The van der Waals surface area contributed by atoms with Gasteiger partial charge in [-0.2, -0.15) is 22.0 Å². The second-order valence-corrected chi connectivity index (χ2v) is 2.20. The molecule has 0 aromatic rings. The Balaban J connectivity index is 4.44. The van der Waals surface area contributed by atoms with Crippen molar-refractivity contribution in [2.45, 2.75) is 6.18 Å². The Morgan fingerprint density at radius 2 is 1.67 bits per heavy atom. The maximum atomic E-state index is 12.3. The van der Waals surface area contributed by atoms with Crippen molar-refractivity contribution in [3.05, 3.63) is 24.1 Å². The Kier molecular flexibility index (Phi) is 4.38. The van der Waals surface area contributed by atoms with Crippen LogP contribution in [0.2, 0.25) is 0 Å². The summed E-state index contributed by atoms with van der Waals surface area (Å²) < 4.78 is 74.2. The molecule has 0 heterocycles. The van der Waals surface area contributed by atoms with Gasteiger partial charge < -0.3 is 4.74 Å². The van der Waals surface area contributed by atoms with Gasteiger partial charge in [0, 0.05) is 0 Å². The molecule has 0 saturated carbocycles. The lowest BCUT2D eigenvalue weighted by atomic mass is 10.4. The van der Waals surface area contributed by atoms with Crippen LogP contribution in [0.15, 0.2) is 24.1 Å². The van der Waals surface area contributed by atoms with Crippen LogP contribution in [0, 0.1) is 0 Å². The molecule has 0 unspecified atom stereocenters. The normalized spacial score (nSPS) is 13.2. The summed E-state index contributed by atoms with van der Waals surface area (Å²) in [5.41, 5.74) is 0. The van der Waals surface area contributed by atoms with Crippen LogP contribution in [0.4, 0.5) is 26.3 Å². The Morgan fingerprint density at radius 3 is 2.00 bits per heavy atom. The second kappa shape index (κ2) is 4.85. The fraction of sp³-hybridized carbons (Fsp3) is 0.286. The molecule has 0 N–H and O–H groups in total. The van der Waals surface area contributed by atoms with Gasteiger partial charge in [-0.25, -0.2) is 9.18 Å². The zero-order chi connectivity index (χ0) is 12.2. The zero-order valence-corrected chi connectivity index (χ0v) is 7.00. The summed E-state index contributed by atoms with van der Waals surface area (Å²) in [5, 5.41) is 0. The number of hydrogen-bond acceptors (Lipinski definition) is 2. The summed E-state index contributed by atoms with van der Waals surface area (Å²) in [4.78, 5) is 10.2. The topological polar surface area (TPSA) is 26.3 Å². The van der Waals surface area contributed by atoms with Gasteiger partial charge in [0.25, 0.3) is 0 Å². The maximum absolute atomic E-state index is 12.3. The second-order valence-electron chi connectivity index (χ2n) is 2.20. The third-order valence-corrected chi connectivity index (χ3v) is 1.04. The van der Waals surface area contributed by atoms with Gasteiger partial charge in [0.15, 0.2) is 5.83 Å². The predicted octanol–water partition coefficient (Wildman–Crippen LogP) is 2.73. The fourth-order valence-electron chi connectivity index (χ4n) is 0.424. The monoisotopic (exact) mass is 234 g/mol. The minimum Gasteiger partial charge on any atom is -0.453 e. The van der Waals surface area contributed by atoms with Crippen molar-refractivity contribution >= 4 is 5.97 Å². The van der Waals surface area contributed by atoms with Crippen molar-refractivity contribution < 1.29 is 35.9 Å². The van der Waals surface area contributed by atoms with Gasteiger partial charge in [-0.05, 0) is 0 Å². The summed E-state index contributed by atoms with van der Waals surface area (Å²) in [6.45, 7) is 0.785. The molecule has 0 radical (unpaired) electrons. The maximum Gasteiger partial charge on any atom is 0.445 e. The van der Waals surface area contributed by atoms with Crippen molar-refractivity contribution in [1.29, 1.82) is 0 Å². The number of carbonyl (C=O) groups excluding carboxylic acids is 1. The van der Waals surface area contributed by atoms with Crippen molar-refractivity contribution in [1.82, 2.24) is 0 Å². The Morgan fingerprint density at radius 1 is 1.20 bits per heavy atom. The SMILES string of the molecule is C=C(F)C(=O)OCC(F)=C(F)C(F)(F)F. The highest BCUT2D eigenvalue weighted by Crippen LogP contribution is 2.29. The largest absolute Gasteiger partial charge is 0.453 e. The summed E-state index contributed by atoms with van der Waals surface area (Å²) in [6.07, 6.45) is -5.51. The first-order valence-electron chi connectivity index (χ1n) is 3.29. The van der Waals surface area contributed by atoms with Crippen LogP contribution in [0.1, 0.15) is 0 Å². The lowest BCUT2D eigenvalue weighted by Gasteiger charge is -2.05. The van der Waals surface area contributed by atoms with E-state index < -0.39 is 36.2 Å². The number of allylic oxidation sites excluding steroid dienone is 1. The van der Waals surface area contributed by atoms with Crippen molar-refractivity contribution in [2.75, 3.05) is 6.61 Å². The van der Waals surface area contributed by atoms with Gasteiger partial charge in [-0.15, -0.1) is 0 Å². The smallest absolute Gasteiger partial charge is 0.445 e. The molecule has 2 nitrogen and oxygen atoms in total. The molecule has 0 aromatic carbocycles. The van der Waals surface area contributed by atoms with E-state index >= 15 is 0 Å². The van der Waals surface area contributed by atoms with Gasteiger partial charge in [0.2, 0.25) is 11.7 Å². The molecule has 0 aliphatic carbocycles. The van der Waals surface area contributed by atoms with Crippen molar-refractivity contribution in [2.24, 2.45) is 0 Å². The Bertz CT molecular complexity index is 303. The number of alkyl halides is 3. The van der Waals surface area contributed by atoms with Gasteiger partial charge in [0.05, 0.1) is 0 Å². The van der Waals surface area contributed by atoms with E-state index in [2.05, 4.69) is 11.3 Å². The lowest BCUT2D eigenvalue weighted by molar-refractivity contribution is -0.141. The number of esters is 1. The first-order valence-corrected chi connectivity index (χ1v) is 3.29. The van der Waals surface area contributed by atoms with Crippen LogP contribution in [0.5, 0.6) is 0 Å². The third kappa shape index (κ3) is 4.52. The summed E-state index contributed by atoms with van der Waals surface area (Å²) >= 11 is 0. The number of hydrogen-bond donors (Lipinski definition) is 0. The van der Waals surface area contributed by atoms with E-state index in [9.17, 15) is 31.1 Å². The highest BCUT2D eigenvalue weighted by molar-refractivity contribution is 5.85. The standard InChI is InChI=1S/C7H4F6O2/c1-3(8)6(14)15-2-4(9)5(10)7(11,12)13/h1-2H2. The molecule has 0 amide bonds. The molecule has 0 atom stereocenters. The van der Waals surface area contributed by atoms with Crippen LogP contribution < -0.4 is 0 Å². The highest BCUT2D eigenvalue weighted by Gasteiger charge is 2.38. The summed E-state index contributed by atoms with van der Waals surface area (Å²) in [5.74, 6) is -8.77. The molecule has 0 aliphatic rings. The van der Waals surface area contributed by atoms with E-state index in [1.165, 1.54) is 0 Å². The minimum atomic E-state index is -5.51. The Hall–Kier alpha value is -1.47. The van der Waals surface area contributed by atoms with E-state index in [1.54, 1.807) is 0 Å². The zero-order valence-electron chi connectivity index (χ0n) is 7.00. The van der Waals surface area contributed by atoms with Gasteiger partial charge in [-0.1, -0.05) is 6.58 Å². The number of ether oxygens (including phenoxy) is 1. The van der Waals surface area contributed by atoms with Crippen LogP contribution in [0.25, 0.3) is 0 Å². The first kappa shape index (κ1) is 13.5. The van der Waals surface area contributed by atoms with E-state index in [0.717, 1.165) is 0 Å². The van der Waals surface area contributed by atoms with Crippen molar-refractivity contribution in [3.63, 3.8) is 0 Å². The van der Waals surface area contributed by atoms with Gasteiger partial charge >= 0.3 is 12.1 Å². The van der Waals surface area contributed by atoms with E-state index in [1.807, 2.05) is 0 Å². The average molecular weight is 234 g/mol. The summed E-state index contributed by atoms with van der Waals surface area (Å²) in [6, 6.07) is 0. The number of rotatable bonds is 3. The molecule has 0 aliphatic heterocycles. The van der Waals surface area contributed by atoms with Crippen LogP contribution in [-0.2, 0) is 9.53 Å². The van der Waals surface area contributed by atoms with Crippen LogP contribution >= 0.6 is 0 Å². The molecule has 0 fully saturated rings. The van der Waals surface area contributed by atoms with E-state index in [4.69, 9.17) is 0 Å². The first-order chi connectivity index (χ1) is 6.66. The predicted molar refractivity (Wildman–Crippen MR) is 36.5 cm³/mol. The minimum absolute atomic E-state index is 1.63. The molecular formula is C7H4F6O2. The quantitative estimate of drug-likeness (QED) is 0.426. The molecule has 86 valence electrons. The van der Waals surface area contributed by atoms with Crippen LogP contribution in [0.3, 0.4) is 0 Å². The molecular weight excluding hydrogens is 230 g/mol. The molecule has 0 saturated heterocycles. The lowest BCUT2D eigenvalue weighted by Crippen LogP contribution is -2.13.